The Morgan fingerprint density at radius 3 is 2.54 bits per heavy atom. The van der Waals surface area contributed by atoms with Crippen molar-refractivity contribution in [2.75, 3.05) is 25.3 Å². The SMILES string of the molecule is COc1ccccc1Nc1nc(N)nc(COc2ccc(C#N)cc2OC)n1. The Morgan fingerprint density at radius 1 is 1.00 bits per heavy atom. The second-order valence-electron chi connectivity index (χ2n) is 5.52. The van der Waals surface area contributed by atoms with Crippen LogP contribution in [0.15, 0.2) is 42.5 Å². The highest BCUT2D eigenvalue weighted by molar-refractivity contribution is 5.62. The Bertz CT molecular complexity index is 1020. The first-order valence-corrected chi connectivity index (χ1v) is 8.24. The van der Waals surface area contributed by atoms with E-state index in [9.17, 15) is 0 Å². The number of nitrogens with zero attached hydrogens (tertiary/aromatic N) is 4. The Balaban J connectivity index is 1.78. The summed E-state index contributed by atoms with van der Waals surface area (Å²) in [6, 6.07) is 14.3. The second kappa shape index (κ2) is 8.55. The van der Waals surface area contributed by atoms with Crippen molar-refractivity contribution in [3.8, 4) is 23.3 Å². The zero-order valence-corrected chi connectivity index (χ0v) is 15.3. The van der Waals surface area contributed by atoms with Crippen LogP contribution in [0.25, 0.3) is 0 Å². The van der Waals surface area contributed by atoms with Crippen LogP contribution in [0, 0.1) is 11.3 Å². The van der Waals surface area contributed by atoms with E-state index in [2.05, 4.69) is 20.3 Å². The van der Waals surface area contributed by atoms with Gasteiger partial charge in [-0.1, -0.05) is 12.1 Å². The molecule has 3 N–H and O–H groups in total. The van der Waals surface area contributed by atoms with Gasteiger partial charge < -0.3 is 25.3 Å². The van der Waals surface area contributed by atoms with E-state index in [1.807, 2.05) is 30.3 Å². The van der Waals surface area contributed by atoms with Crippen LogP contribution in [0.5, 0.6) is 17.2 Å². The van der Waals surface area contributed by atoms with Crippen LogP contribution in [-0.4, -0.2) is 29.2 Å². The number of nitriles is 1. The van der Waals surface area contributed by atoms with E-state index >= 15 is 0 Å². The Morgan fingerprint density at radius 2 is 1.79 bits per heavy atom. The van der Waals surface area contributed by atoms with Gasteiger partial charge in [-0.05, 0) is 24.3 Å². The molecule has 0 aliphatic heterocycles. The molecule has 0 amide bonds. The number of aromatic nitrogens is 3. The summed E-state index contributed by atoms with van der Waals surface area (Å²) in [6.07, 6.45) is 0. The van der Waals surface area contributed by atoms with Crippen molar-refractivity contribution in [3.63, 3.8) is 0 Å². The van der Waals surface area contributed by atoms with Gasteiger partial charge in [-0.25, -0.2) is 0 Å². The molecule has 3 rings (SSSR count). The average Bonchev–Trinajstić information content (AvgIpc) is 2.72. The van der Waals surface area contributed by atoms with Crippen molar-refractivity contribution >= 4 is 17.6 Å². The van der Waals surface area contributed by atoms with Gasteiger partial charge in [0.2, 0.25) is 11.9 Å². The Kier molecular flexibility index (Phi) is 5.72. The number of hydrogen-bond acceptors (Lipinski definition) is 9. The van der Waals surface area contributed by atoms with Gasteiger partial charge in [0.15, 0.2) is 17.3 Å². The molecule has 0 saturated heterocycles. The summed E-state index contributed by atoms with van der Waals surface area (Å²) >= 11 is 0. The van der Waals surface area contributed by atoms with E-state index in [-0.39, 0.29) is 18.5 Å². The molecule has 0 saturated carbocycles. The van der Waals surface area contributed by atoms with E-state index in [1.54, 1.807) is 25.3 Å². The van der Waals surface area contributed by atoms with Crippen molar-refractivity contribution in [1.29, 1.82) is 5.26 Å². The van der Waals surface area contributed by atoms with Gasteiger partial charge in [0.25, 0.3) is 0 Å². The van der Waals surface area contributed by atoms with Crippen LogP contribution in [-0.2, 0) is 6.61 Å². The smallest absolute Gasteiger partial charge is 0.232 e. The number of para-hydroxylation sites is 2. The zero-order valence-electron chi connectivity index (χ0n) is 15.3. The summed E-state index contributed by atoms with van der Waals surface area (Å²) in [7, 11) is 3.08. The van der Waals surface area contributed by atoms with E-state index < -0.39 is 0 Å². The lowest BCUT2D eigenvalue weighted by atomic mass is 10.2. The lowest BCUT2D eigenvalue weighted by molar-refractivity contribution is 0.276. The monoisotopic (exact) mass is 378 g/mol. The van der Waals surface area contributed by atoms with Crippen molar-refractivity contribution in [2.45, 2.75) is 6.61 Å². The van der Waals surface area contributed by atoms with Gasteiger partial charge >= 0.3 is 0 Å². The summed E-state index contributed by atoms with van der Waals surface area (Å²) in [5.41, 5.74) is 6.96. The molecule has 1 heterocycles. The van der Waals surface area contributed by atoms with E-state index in [0.717, 1.165) is 0 Å². The second-order valence-corrected chi connectivity index (χ2v) is 5.52. The Hall–Kier alpha value is -4.06. The van der Waals surface area contributed by atoms with Crippen molar-refractivity contribution in [3.05, 3.63) is 53.9 Å². The molecule has 9 heteroatoms. The fourth-order valence-corrected chi connectivity index (χ4v) is 2.43. The Labute approximate surface area is 161 Å². The third-order valence-corrected chi connectivity index (χ3v) is 3.70. The molecule has 0 spiro atoms. The van der Waals surface area contributed by atoms with Gasteiger partial charge in [0.05, 0.1) is 31.5 Å². The molecule has 0 radical (unpaired) electrons. The minimum Gasteiger partial charge on any atom is -0.495 e. The van der Waals surface area contributed by atoms with Gasteiger partial charge in [0.1, 0.15) is 12.4 Å². The standard InChI is InChI=1S/C19H18N6O3/c1-26-14-6-4-3-5-13(14)22-19-24-17(23-18(21)25-19)11-28-15-8-7-12(10-20)9-16(15)27-2/h3-9H,11H2,1-2H3,(H3,21,22,23,24,25). The van der Waals surface area contributed by atoms with Crippen molar-refractivity contribution in [1.82, 2.24) is 15.0 Å². The molecule has 0 fully saturated rings. The number of nitrogen functional groups attached to an aromatic ring is 1. The summed E-state index contributed by atoms with van der Waals surface area (Å²) in [5, 5.41) is 12.0. The molecular weight excluding hydrogens is 360 g/mol. The highest BCUT2D eigenvalue weighted by atomic mass is 16.5. The summed E-state index contributed by atoms with van der Waals surface area (Å²) < 4.78 is 16.3. The molecule has 0 aliphatic carbocycles. The van der Waals surface area contributed by atoms with E-state index in [1.165, 1.54) is 7.11 Å². The maximum Gasteiger partial charge on any atom is 0.232 e. The lowest BCUT2D eigenvalue weighted by Crippen LogP contribution is -2.10. The molecule has 0 atom stereocenters. The van der Waals surface area contributed by atoms with E-state index in [4.69, 9.17) is 25.2 Å². The quantitative estimate of drug-likeness (QED) is 0.637. The van der Waals surface area contributed by atoms with E-state index in [0.29, 0.717) is 34.3 Å². The van der Waals surface area contributed by atoms with Crippen molar-refractivity contribution in [2.24, 2.45) is 0 Å². The molecular formula is C19H18N6O3. The van der Waals surface area contributed by atoms with Crippen LogP contribution >= 0.6 is 0 Å². The van der Waals surface area contributed by atoms with Gasteiger partial charge in [-0.15, -0.1) is 0 Å². The van der Waals surface area contributed by atoms with Gasteiger partial charge in [-0.3, -0.25) is 0 Å². The number of nitrogens with one attached hydrogen (secondary N) is 1. The summed E-state index contributed by atoms with van der Waals surface area (Å²) in [6.45, 7) is 0.0373. The van der Waals surface area contributed by atoms with Crippen LogP contribution in [0.3, 0.4) is 0 Å². The van der Waals surface area contributed by atoms with Gasteiger partial charge in [-0.2, -0.15) is 20.2 Å². The largest absolute Gasteiger partial charge is 0.495 e. The number of anilines is 3. The van der Waals surface area contributed by atoms with Crippen LogP contribution < -0.4 is 25.3 Å². The normalized spacial score (nSPS) is 10.0. The molecule has 1 aromatic heterocycles. The topological polar surface area (TPSA) is 128 Å². The number of methoxy groups -OCH3 is 2. The summed E-state index contributed by atoms with van der Waals surface area (Å²) in [5.74, 6) is 2.19. The van der Waals surface area contributed by atoms with Crippen molar-refractivity contribution < 1.29 is 14.2 Å². The third kappa shape index (κ3) is 4.37. The molecule has 2 aromatic carbocycles. The van der Waals surface area contributed by atoms with Crippen LogP contribution in [0.4, 0.5) is 17.6 Å². The number of hydrogen-bond donors (Lipinski definition) is 2. The molecule has 0 aliphatic rings. The van der Waals surface area contributed by atoms with Crippen LogP contribution in [0.2, 0.25) is 0 Å². The average molecular weight is 378 g/mol. The first kappa shape index (κ1) is 18.7. The molecule has 28 heavy (non-hydrogen) atoms. The summed E-state index contributed by atoms with van der Waals surface area (Å²) in [4.78, 5) is 12.5. The first-order valence-electron chi connectivity index (χ1n) is 8.24. The maximum atomic E-state index is 8.97. The molecule has 0 bridgehead atoms. The highest BCUT2D eigenvalue weighted by Gasteiger charge is 2.11. The zero-order chi connectivity index (χ0) is 19.9. The number of ether oxygens (including phenoxy) is 3. The predicted molar refractivity (Wildman–Crippen MR) is 103 cm³/mol. The fourth-order valence-electron chi connectivity index (χ4n) is 2.43. The minimum atomic E-state index is 0.0373. The molecule has 3 aromatic rings. The maximum absolute atomic E-state index is 8.97. The molecule has 142 valence electrons. The highest BCUT2D eigenvalue weighted by Crippen LogP contribution is 2.29. The molecule has 9 nitrogen and oxygen atoms in total. The predicted octanol–water partition coefficient (Wildman–Crippen LogP) is 2.67. The number of rotatable bonds is 7. The molecule has 0 unspecified atom stereocenters. The fraction of sp³-hybridized carbons (Fsp3) is 0.158. The number of nitrogens with two attached hydrogens (primary N) is 1. The van der Waals surface area contributed by atoms with Gasteiger partial charge in [0, 0.05) is 6.07 Å². The lowest BCUT2D eigenvalue weighted by Gasteiger charge is -2.12. The minimum absolute atomic E-state index is 0.0373. The van der Waals surface area contributed by atoms with Crippen LogP contribution in [0.1, 0.15) is 11.4 Å². The third-order valence-electron chi connectivity index (χ3n) is 3.70. The number of benzene rings is 2. The first-order chi connectivity index (χ1) is 13.6.